The number of carbonyl (C=O) groups is 3. The van der Waals surface area contributed by atoms with E-state index in [0.717, 1.165) is 17.5 Å². The molecule has 0 fully saturated rings. The number of alkyl halides is 3. The van der Waals surface area contributed by atoms with E-state index in [4.69, 9.17) is 0 Å². The number of hydrogen-bond donors (Lipinski definition) is 1. The fraction of sp³-hybridized carbons (Fsp3) is 0.324. The molecule has 3 amide bonds. The van der Waals surface area contributed by atoms with Gasteiger partial charge in [-0.25, -0.2) is 10.0 Å². The number of aryl methyl sites for hydroxylation is 1. The maximum absolute atomic E-state index is 14.4. The van der Waals surface area contributed by atoms with Gasteiger partial charge >= 0.3 is 6.18 Å². The van der Waals surface area contributed by atoms with Gasteiger partial charge < -0.3 is 10.0 Å². The second-order valence-electron chi connectivity index (χ2n) is 11.1. The molecule has 0 aromatic heterocycles. The molecule has 1 N–H and O–H groups in total. The third-order valence-electron chi connectivity index (χ3n) is 7.55. The van der Waals surface area contributed by atoms with E-state index in [9.17, 15) is 32.7 Å². The minimum absolute atomic E-state index is 0.0446. The van der Waals surface area contributed by atoms with Gasteiger partial charge in [0.15, 0.2) is 6.10 Å². The molecule has 0 bridgehead atoms. The summed E-state index contributed by atoms with van der Waals surface area (Å²) < 4.78 is 42.4. The fourth-order valence-electron chi connectivity index (χ4n) is 5.44. The minimum atomic E-state index is -5.10. The molecular formula is C34H36F3N3O4. The van der Waals surface area contributed by atoms with Crippen molar-refractivity contribution in [3.8, 4) is 0 Å². The van der Waals surface area contributed by atoms with Gasteiger partial charge in [-0.2, -0.15) is 13.2 Å². The van der Waals surface area contributed by atoms with Gasteiger partial charge in [-0.05, 0) is 29.9 Å². The normalized spacial score (nSPS) is 16.9. The minimum Gasteiger partial charge on any atom is -0.382 e. The lowest BCUT2D eigenvalue weighted by Crippen LogP contribution is -2.65. The highest BCUT2D eigenvalue weighted by Crippen LogP contribution is 2.36. The largest absolute Gasteiger partial charge is 0.416 e. The average molecular weight is 608 g/mol. The Morgan fingerprint density at radius 3 is 1.91 bits per heavy atom. The van der Waals surface area contributed by atoms with E-state index < -0.39 is 42.1 Å². The zero-order valence-corrected chi connectivity index (χ0v) is 24.8. The van der Waals surface area contributed by atoms with E-state index >= 15 is 0 Å². The first-order valence-electron chi connectivity index (χ1n) is 14.4. The number of aliphatic hydroxyl groups excluding tert-OH is 1. The van der Waals surface area contributed by atoms with Crippen LogP contribution in [0, 0.1) is 5.92 Å². The van der Waals surface area contributed by atoms with Crippen molar-refractivity contribution in [1.29, 1.82) is 0 Å². The molecule has 0 aliphatic carbocycles. The first-order valence-corrected chi connectivity index (χ1v) is 14.4. The molecule has 0 saturated carbocycles. The summed E-state index contributed by atoms with van der Waals surface area (Å²) in [4.78, 5) is 42.8. The highest BCUT2D eigenvalue weighted by molar-refractivity contribution is 5.98. The quantitative estimate of drug-likeness (QED) is 0.325. The Morgan fingerprint density at radius 2 is 1.41 bits per heavy atom. The Balaban J connectivity index is 1.85. The Labute approximate surface area is 255 Å². The summed E-state index contributed by atoms with van der Waals surface area (Å²) in [5.74, 6) is -2.44. The van der Waals surface area contributed by atoms with Crippen molar-refractivity contribution in [3.05, 3.63) is 114 Å². The topological polar surface area (TPSA) is 81.2 Å². The van der Waals surface area contributed by atoms with Crippen LogP contribution in [0.2, 0.25) is 0 Å². The van der Waals surface area contributed by atoms with Gasteiger partial charge in [-0.1, -0.05) is 105 Å². The highest BCUT2D eigenvalue weighted by atomic mass is 19.4. The number of aliphatic hydroxyl groups is 1. The molecule has 0 saturated heterocycles. The fourth-order valence-corrected chi connectivity index (χ4v) is 5.44. The second-order valence-corrected chi connectivity index (χ2v) is 11.1. The SMILES string of the molecule is CC(=O)N(C(Cc1ccccc1)C(O)C(F)(F)F)N1C(=O)C(C(C)C)N(C(=O)CCc2ccccc2)C=C1c1ccccc1. The molecular weight excluding hydrogens is 571 g/mol. The number of benzene rings is 3. The van der Waals surface area contributed by atoms with Gasteiger partial charge in [0.25, 0.3) is 5.91 Å². The van der Waals surface area contributed by atoms with Gasteiger partial charge in [0, 0.05) is 25.1 Å². The zero-order valence-electron chi connectivity index (χ0n) is 24.8. The Kier molecular flexibility index (Phi) is 10.3. The molecule has 44 heavy (non-hydrogen) atoms. The van der Waals surface area contributed by atoms with E-state index in [1.165, 1.54) is 11.1 Å². The van der Waals surface area contributed by atoms with Crippen molar-refractivity contribution < 1.29 is 32.7 Å². The van der Waals surface area contributed by atoms with E-state index in [1.54, 1.807) is 74.5 Å². The Morgan fingerprint density at radius 1 is 0.886 bits per heavy atom. The molecule has 3 aromatic rings. The molecule has 3 aromatic carbocycles. The summed E-state index contributed by atoms with van der Waals surface area (Å²) in [7, 11) is 0. The van der Waals surface area contributed by atoms with Crippen LogP contribution in [0.25, 0.3) is 5.70 Å². The van der Waals surface area contributed by atoms with Gasteiger partial charge in [0.2, 0.25) is 11.8 Å². The number of halogens is 3. The summed E-state index contributed by atoms with van der Waals surface area (Å²) in [5.41, 5.74) is 1.81. The van der Waals surface area contributed by atoms with Crippen LogP contribution in [0.4, 0.5) is 13.2 Å². The van der Waals surface area contributed by atoms with Crippen molar-refractivity contribution >= 4 is 23.4 Å². The highest BCUT2D eigenvalue weighted by Gasteiger charge is 2.51. The molecule has 10 heteroatoms. The van der Waals surface area contributed by atoms with Crippen molar-refractivity contribution in [3.63, 3.8) is 0 Å². The molecule has 1 aliphatic heterocycles. The third kappa shape index (κ3) is 7.37. The third-order valence-corrected chi connectivity index (χ3v) is 7.55. The maximum atomic E-state index is 14.4. The van der Waals surface area contributed by atoms with Crippen LogP contribution in [0.1, 0.15) is 43.9 Å². The molecule has 1 aliphatic rings. The molecule has 3 unspecified atom stereocenters. The lowest BCUT2D eigenvalue weighted by atomic mass is 9.96. The molecule has 1 heterocycles. The van der Waals surface area contributed by atoms with Crippen LogP contribution in [0.3, 0.4) is 0 Å². The monoisotopic (exact) mass is 607 g/mol. The van der Waals surface area contributed by atoms with Crippen LogP contribution in [0.15, 0.2) is 97.2 Å². The lowest BCUT2D eigenvalue weighted by Gasteiger charge is -2.48. The van der Waals surface area contributed by atoms with E-state index in [1.807, 2.05) is 30.3 Å². The number of amides is 3. The number of carbonyl (C=O) groups excluding carboxylic acids is 3. The first kappa shape index (κ1) is 32.5. The summed E-state index contributed by atoms with van der Waals surface area (Å²) in [6.07, 6.45) is -6.52. The molecule has 0 spiro atoms. The predicted octanol–water partition coefficient (Wildman–Crippen LogP) is 5.61. The number of hydrazine groups is 1. The van der Waals surface area contributed by atoms with Crippen LogP contribution >= 0.6 is 0 Å². The van der Waals surface area contributed by atoms with Gasteiger partial charge in [-0.3, -0.25) is 14.4 Å². The van der Waals surface area contributed by atoms with E-state index in [0.29, 0.717) is 22.6 Å². The van der Waals surface area contributed by atoms with Gasteiger partial charge in [0.1, 0.15) is 6.04 Å². The van der Waals surface area contributed by atoms with Crippen molar-refractivity contribution in [2.45, 2.75) is 64.4 Å². The molecule has 7 nitrogen and oxygen atoms in total. The number of hydrogen-bond acceptors (Lipinski definition) is 4. The zero-order chi connectivity index (χ0) is 32.0. The number of nitrogens with zero attached hydrogens (tertiary/aromatic N) is 3. The average Bonchev–Trinajstić information content (AvgIpc) is 3.00. The summed E-state index contributed by atoms with van der Waals surface area (Å²) >= 11 is 0. The molecule has 4 rings (SSSR count). The lowest BCUT2D eigenvalue weighted by molar-refractivity contribution is -0.232. The van der Waals surface area contributed by atoms with E-state index in [-0.39, 0.29) is 24.4 Å². The number of rotatable bonds is 10. The Bertz CT molecular complexity index is 1460. The molecule has 0 radical (unpaired) electrons. The second kappa shape index (κ2) is 13.9. The van der Waals surface area contributed by atoms with Gasteiger partial charge in [-0.15, -0.1) is 0 Å². The molecule has 232 valence electrons. The maximum Gasteiger partial charge on any atom is 0.416 e. The molecule has 3 atom stereocenters. The predicted molar refractivity (Wildman–Crippen MR) is 160 cm³/mol. The van der Waals surface area contributed by atoms with Crippen LogP contribution in [-0.2, 0) is 27.2 Å². The van der Waals surface area contributed by atoms with E-state index in [2.05, 4.69) is 0 Å². The van der Waals surface area contributed by atoms with Gasteiger partial charge in [0.05, 0.1) is 11.7 Å². The standard InChI is InChI=1S/C34H36F3N3O4/c1-23(2)31-33(44)40(39(24(3)41)28(32(43)34(35,36)37)21-26-15-9-5-10-16-26)29(27-17-11-6-12-18-27)22-38(31)30(42)20-19-25-13-7-4-8-14-25/h4-18,22-23,28,31-32,43H,19-21H2,1-3H3. The van der Waals surface area contributed by atoms with Crippen molar-refractivity contribution in [2.24, 2.45) is 5.92 Å². The first-order chi connectivity index (χ1) is 20.9. The summed E-state index contributed by atoms with van der Waals surface area (Å²) in [5, 5.41) is 12.3. The summed E-state index contributed by atoms with van der Waals surface area (Å²) in [6.45, 7) is 4.51. The van der Waals surface area contributed by atoms with Crippen LogP contribution in [0.5, 0.6) is 0 Å². The smallest absolute Gasteiger partial charge is 0.382 e. The van der Waals surface area contributed by atoms with Crippen LogP contribution < -0.4 is 0 Å². The van der Waals surface area contributed by atoms with Crippen LogP contribution in [-0.4, -0.2) is 62.1 Å². The van der Waals surface area contributed by atoms with Crippen molar-refractivity contribution in [2.75, 3.05) is 0 Å². The summed E-state index contributed by atoms with van der Waals surface area (Å²) in [6, 6.07) is 22.9. The Hall–Kier alpha value is -4.44. The van der Waals surface area contributed by atoms with Crippen molar-refractivity contribution in [1.82, 2.24) is 14.9 Å².